The summed E-state index contributed by atoms with van der Waals surface area (Å²) in [7, 11) is 0. The van der Waals surface area contributed by atoms with Gasteiger partial charge in [0.05, 0.1) is 24.0 Å². The molecular weight excluding hydrogens is 216 g/mol. The fourth-order valence-corrected chi connectivity index (χ4v) is 2.67. The highest BCUT2D eigenvalue weighted by molar-refractivity contribution is 5.45. The number of pyridine rings is 1. The van der Waals surface area contributed by atoms with Crippen LogP contribution < -0.4 is 11.1 Å². The Bertz CT molecular complexity index is 453. The second-order valence-corrected chi connectivity index (χ2v) is 4.58. The molecule has 1 aliphatic heterocycles. The minimum Gasteiger partial charge on any atom is -0.377 e. The van der Waals surface area contributed by atoms with E-state index >= 15 is 0 Å². The van der Waals surface area contributed by atoms with Gasteiger partial charge in [-0.25, -0.2) is 4.98 Å². The van der Waals surface area contributed by atoms with Crippen molar-refractivity contribution >= 4 is 5.69 Å². The van der Waals surface area contributed by atoms with E-state index in [-0.39, 0.29) is 18.2 Å². The minimum atomic E-state index is 0.151. The van der Waals surface area contributed by atoms with E-state index in [1.165, 1.54) is 0 Å². The zero-order valence-electron chi connectivity index (χ0n) is 9.34. The number of aromatic nitrogens is 1. The Balaban J connectivity index is 1.69. The predicted octanol–water partition coefficient (Wildman–Crippen LogP) is 0.480. The van der Waals surface area contributed by atoms with Crippen LogP contribution in [0.15, 0.2) is 18.3 Å². The van der Waals surface area contributed by atoms with E-state index in [1.807, 2.05) is 12.1 Å². The molecule has 0 aromatic carbocycles. The van der Waals surface area contributed by atoms with Crippen molar-refractivity contribution in [2.24, 2.45) is 11.7 Å². The lowest BCUT2D eigenvalue weighted by atomic mass is 9.72. The van der Waals surface area contributed by atoms with Crippen LogP contribution in [0.3, 0.4) is 0 Å². The Morgan fingerprint density at radius 3 is 3.12 bits per heavy atom. The monoisotopic (exact) mass is 230 g/mol. The molecule has 5 nitrogen and oxygen atoms in total. The molecule has 2 aliphatic rings. The van der Waals surface area contributed by atoms with Gasteiger partial charge >= 0.3 is 0 Å². The number of nitrogens with one attached hydrogen (secondary N) is 1. The van der Waals surface area contributed by atoms with Gasteiger partial charge in [-0.2, -0.15) is 5.26 Å². The van der Waals surface area contributed by atoms with Crippen LogP contribution in [-0.2, 0) is 4.74 Å². The molecule has 2 fully saturated rings. The van der Waals surface area contributed by atoms with Crippen LogP contribution in [0, 0.1) is 17.2 Å². The van der Waals surface area contributed by atoms with Gasteiger partial charge in [0.15, 0.2) is 0 Å². The summed E-state index contributed by atoms with van der Waals surface area (Å²) in [6, 6.07) is 5.85. The smallest absolute Gasteiger partial charge is 0.140 e. The number of nitriles is 1. The van der Waals surface area contributed by atoms with Crippen LogP contribution in [0.4, 0.5) is 5.69 Å². The van der Waals surface area contributed by atoms with E-state index in [4.69, 9.17) is 15.7 Å². The molecule has 1 aromatic rings. The molecule has 0 amide bonds. The molecule has 17 heavy (non-hydrogen) atoms. The summed E-state index contributed by atoms with van der Waals surface area (Å²) in [6.07, 6.45) is 2.96. The molecule has 3 N–H and O–H groups in total. The van der Waals surface area contributed by atoms with E-state index in [2.05, 4.69) is 10.3 Å². The first-order valence-electron chi connectivity index (χ1n) is 5.79. The first kappa shape index (κ1) is 10.5. The number of nitrogens with zero attached hydrogens (tertiary/aromatic N) is 2. The highest BCUT2D eigenvalue weighted by Gasteiger charge is 2.52. The normalized spacial score (nSPS) is 34.6. The SMILES string of the molecule is N#Cc1ccc(NC2C(N)C3CCOC32)cn1. The Kier molecular flexibility index (Phi) is 2.46. The topological polar surface area (TPSA) is 84.0 Å². The highest BCUT2D eigenvalue weighted by atomic mass is 16.5. The van der Waals surface area contributed by atoms with Crippen molar-refractivity contribution in [3.63, 3.8) is 0 Å². The Hall–Kier alpha value is -1.64. The maximum atomic E-state index is 8.66. The van der Waals surface area contributed by atoms with E-state index in [9.17, 15) is 0 Å². The number of anilines is 1. The lowest BCUT2D eigenvalue weighted by molar-refractivity contribution is 0.00537. The molecule has 4 atom stereocenters. The minimum absolute atomic E-state index is 0.151. The molecule has 1 saturated heterocycles. The third kappa shape index (κ3) is 1.66. The Morgan fingerprint density at radius 1 is 1.53 bits per heavy atom. The molecule has 0 bridgehead atoms. The highest BCUT2D eigenvalue weighted by Crippen LogP contribution is 2.39. The van der Waals surface area contributed by atoms with Gasteiger partial charge in [-0.15, -0.1) is 0 Å². The van der Waals surface area contributed by atoms with Crippen LogP contribution in [0.25, 0.3) is 0 Å². The average Bonchev–Trinajstić information content (AvgIpc) is 2.81. The second-order valence-electron chi connectivity index (χ2n) is 4.58. The summed E-state index contributed by atoms with van der Waals surface area (Å²) >= 11 is 0. The number of hydrogen-bond acceptors (Lipinski definition) is 5. The fraction of sp³-hybridized carbons (Fsp3) is 0.500. The fourth-order valence-electron chi connectivity index (χ4n) is 2.67. The van der Waals surface area contributed by atoms with Crippen molar-refractivity contribution in [1.29, 1.82) is 5.26 Å². The molecule has 0 radical (unpaired) electrons. The van der Waals surface area contributed by atoms with Gasteiger partial charge < -0.3 is 15.8 Å². The quantitative estimate of drug-likeness (QED) is 0.772. The van der Waals surface area contributed by atoms with Gasteiger partial charge in [-0.1, -0.05) is 0 Å². The summed E-state index contributed by atoms with van der Waals surface area (Å²) in [6.45, 7) is 0.812. The van der Waals surface area contributed by atoms with Crippen LogP contribution in [-0.4, -0.2) is 29.8 Å². The van der Waals surface area contributed by atoms with Gasteiger partial charge in [0.25, 0.3) is 0 Å². The zero-order chi connectivity index (χ0) is 11.8. The van der Waals surface area contributed by atoms with Crippen LogP contribution in [0.5, 0.6) is 0 Å². The molecule has 4 unspecified atom stereocenters. The summed E-state index contributed by atoms with van der Waals surface area (Å²) in [5.74, 6) is 0.499. The van der Waals surface area contributed by atoms with E-state index in [1.54, 1.807) is 12.3 Å². The van der Waals surface area contributed by atoms with Crippen molar-refractivity contribution < 1.29 is 4.74 Å². The third-order valence-corrected chi connectivity index (χ3v) is 3.66. The summed E-state index contributed by atoms with van der Waals surface area (Å²) in [5.41, 5.74) is 7.40. The second kappa shape index (κ2) is 3.99. The lowest BCUT2D eigenvalue weighted by Gasteiger charge is -2.46. The molecule has 1 aliphatic carbocycles. The Morgan fingerprint density at radius 2 is 2.41 bits per heavy atom. The first-order chi connectivity index (χ1) is 8.29. The zero-order valence-corrected chi connectivity index (χ0v) is 9.34. The number of fused-ring (bicyclic) bond motifs is 1. The molecule has 1 aromatic heterocycles. The van der Waals surface area contributed by atoms with Crippen LogP contribution in [0.2, 0.25) is 0 Å². The Labute approximate surface area is 99.6 Å². The van der Waals surface area contributed by atoms with Gasteiger partial charge in [-0.05, 0) is 18.6 Å². The van der Waals surface area contributed by atoms with Crippen molar-refractivity contribution in [1.82, 2.24) is 4.98 Å². The number of rotatable bonds is 2. The maximum Gasteiger partial charge on any atom is 0.140 e. The van der Waals surface area contributed by atoms with Crippen LogP contribution in [0.1, 0.15) is 12.1 Å². The summed E-state index contributed by atoms with van der Waals surface area (Å²) < 4.78 is 5.64. The van der Waals surface area contributed by atoms with Gasteiger partial charge in [0.2, 0.25) is 0 Å². The molecule has 3 rings (SSSR count). The first-order valence-corrected chi connectivity index (χ1v) is 5.79. The standard InChI is InChI=1S/C12H14N4O/c13-5-7-1-2-8(6-15-7)16-11-10(14)9-3-4-17-12(9)11/h1-2,6,9-12,16H,3-4,14H2. The van der Waals surface area contributed by atoms with Gasteiger partial charge in [0.1, 0.15) is 11.8 Å². The molecule has 0 spiro atoms. The van der Waals surface area contributed by atoms with Crippen molar-refractivity contribution in [3.05, 3.63) is 24.0 Å². The van der Waals surface area contributed by atoms with Gasteiger partial charge in [0, 0.05) is 18.6 Å². The number of ether oxygens (including phenoxy) is 1. The average molecular weight is 230 g/mol. The molecule has 2 heterocycles. The largest absolute Gasteiger partial charge is 0.377 e. The predicted molar refractivity (Wildman–Crippen MR) is 62.2 cm³/mol. The molecular formula is C12H14N4O. The van der Waals surface area contributed by atoms with Crippen molar-refractivity contribution in [2.75, 3.05) is 11.9 Å². The van der Waals surface area contributed by atoms with Crippen LogP contribution >= 0.6 is 0 Å². The number of hydrogen-bond donors (Lipinski definition) is 2. The lowest BCUT2D eigenvalue weighted by Crippen LogP contribution is -2.65. The third-order valence-electron chi connectivity index (χ3n) is 3.66. The van der Waals surface area contributed by atoms with Gasteiger partial charge in [-0.3, -0.25) is 0 Å². The summed E-state index contributed by atoms with van der Waals surface area (Å²) in [5, 5.41) is 12.0. The van der Waals surface area contributed by atoms with Crippen molar-refractivity contribution in [3.8, 4) is 6.07 Å². The summed E-state index contributed by atoms with van der Waals surface area (Å²) in [4.78, 5) is 4.01. The van der Waals surface area contributed by atoms with E-state index < -0.39 is 0 Å². The van der Waals surface area contributed by atoms with Crippen molar-refractivity contribution in [2.45, 2.75) is 24.6 Å². The molecule has 88 valence electrons. The van der Waals surface area contributed by atoms with E-state index in [0.29, 0.717) is 11.6 Å². The molecule has 5 heteroatoms. The number of nitrogens with two attached hydrogens (primary N) is 1. The maximum absolute atomic E-state index is 8.66. The molecule has 1 saturated carbocycles. The van der Waals surface area contributed by atoms with E-state index in [0.717, 1.165) is 18.7 Å².